The zero-order chi connectivity index (χ0) is 28.3. The first kappa shape index (κ1) is 26.9. The maximum Gasteiger partial charge on any atom is 0.416 e. The molecular weight excluding hydrogens is 525 g/mol. The van der Waals surface area contributed by atoms with Crippen molar-refractivity contribution in [1.82, 2.24) is 20.1 Å². The highest BCUT2D eigenvalue weighted by molar-refractivity contribution is 6.05. The van der Waals surface area contributed by atoms with Gasteiger partial charge in [0.1, 0.15) is 11.6 Å². The summed E-state index contributed by atoms with van der Waals surface area (Å²) in [6, 6.07) is 7.90. The number of rotatable bonds is 4. The van der Waals surface area contributed by atoms with Crippen LogP contribution in [0.2, 0.25) is 0 Å². The largest absolute Gasteiger partial charge is 0.416 e. The molecule has 40 heavy (non-hydrogen) atoms. The third-order valence-electron chi connectivity index (χ3n) is 9.24. The number of likely N-dealkylation sites (tertiary alicyclic amines) is 1. The maximum absolute atomic E-state index is 13.1. The molecule has 1 spiro atoms. The Bertz CT molecular complexity index is 1360. The van der Waals surface area contributed by atoms with Crippen molar-refractivity contribution in [3.8, 4) is 0 Å². The summed E-state index contributed by atoms with van der Waals surface area (Å²) in [6.07, 6.45) is -0.0172. The highest BCUT2D eigenvalue weighted by atomic mass is 19.4. The summed E-state index contributed by atoms with van der Waals surface area (Å²) in [5.74, 6) is -1.14. The SMILES string of the molecule is O=C1CC[C@@H](N2Cc3nc([C@]4(O)CCN(Cc5ccc(C(F)(F)F)cc5)CC45CCCC5)ccc3C2=O)C(=O)N1. The molecule has 1 aromatic carbocycles. The van der Waals surface area contributed by atoms with E-state index in [1.165, 1.54) is 17.0 Å². The van der Waals surface area contributed by atoms with E-state index in [9.17, 15) is 32.7 Å². The first-order valence-corrected chi connectivity index (χ1v) is 13.8. The lowest BCUT2D eigenvalue weighted by Gasteiger charge is -2.52. The number of benzene rings is 1. The molecule has 8 nitrogen and oxygen atoms in total. The van der Waals surface area contributed by atoms with E-state index in [1.54, 1.807) is 12.1 Å². The van der Waals surface area contributed by atoms with Gasteiger partial charge in [-0.3, -0.25) is 29.6 Å². The number of nitrogens with one attached hydrogen (secondary N) is 1. The fourth-order valence-corrected chi connectivity index (χ4v) is 7.10. The number of hydrogen-bond donors (Lipinski definition) is 2. The molecule has 4 heterocycles. The van der Waals surface area contributed by atoms with Gasteiger partial charge in [-0.15, -0.1) is 0 Å². The topological polar surface area (TPSA) is 103 Å². The fourth-order valence-electron chi connectivity index (χ4n) is 7.10. The molecule has 3 fully saturated rings. The third-order valence-corrected chi connectivity index (χ3v) is 9.24. The molecular formula is C29H31F3N4O4. The molecule has 3 aliphatic heterocycles. The molecule has 2 saturated heterocycles. The molecule has 0 unspecified atom stereocenters. The van der Waals surface area contributed by atoms with Gasteiger partial charge in [-0.25, -0.2) is 0 Å². The van der Waals surface area contributed by atoms with E-state index in [0.717, 1.165) is 43.4 Å². The summed E-state index contributed by atoms with van der Waals surface area (Å²) >= 11 is 0. The number of nitrogens with zero attached hydrogens (tertiary/aromatic N) is 3. The average molecular weight is 557 g/mol. The average Bonchev–Trinajstić information content (AvgIpc) is 3.51. The fraction of sp³-hybridized carbons (Fsp3) is 0.517. The number of halogens is 3. The van der Waals surface area contributed by atoms with Gasteiger partial charge in [0.2, 0.25) is 11.8 Å². The summed E-state index contributed by atoms with van der Waals surface area (Å²) in [6.45, 7) is 1.75. The molecule has 6 rings (SSSR count). The Hall–Kier alpha value is -3.31. The van der Waals surface area contributed by atoms with E-state index in [1.807, 2.05) is 0 Å². The molecule has 0 bridgehead atoms. The summed E-state index contributed by atoms with van der Waals surface area (Å²) < 4.78 is 38.9. The van der Waals surface area contributed by atoms with E-state index in [4.69, 9.17) is 4.98 Å². The van der Waals surface area contributed by atoms with Crippen LogP contribution in [-0.4, -0.2) is 56.7 Å². The van der Waals surface area contributed by atoms with Crippen LogP contribution in [0.25, 0.3) is 0 Å². The molecule has 1 aromatic heterocycles. The number of aromatic nitrogens is 1. The number of imide groups is 1. The molecule has 4 aliphatic rings. The second kappa shape index (κ2) is 9.66. The van der Waals surface area contributed by atoms with Gasteiger partial charge < -0.3 is 10.0 Å². The molecule has 2 atom stereocenters. The molecule has 2 aromatic rings. The lowest BCUT2D eigenvalue weighted by molar-refractivity contribution is -0.144. The lowest BCUT2D eigenvalue weighted by atomic mass is 9.64. The zero-order valence-corrected chi connectivity index (χ0v) is 22.0. The van der Waals surface area contributed by atoms with Crippen LogP contribution in [-0.2, 0) is 34.5 Å². The number of fused-ring (bicyclic) bond motifs is 1. The zero-order valence-electron chi connectivity index (χ0n) is 22.0. The van der Waals surface area contributed by atoms with E-state index in [0.29, 0.717) is 43.0 Å². The van der Waals surface area contributed by atoms with Crippen molar-refractivity contribution >= 4 is 17.7 Å². The number of aliphatic hydroxyl groups is 1. The number of piperidine rings is 2. The van der Waals surface area contributed by atoms with Gasteiger partial charge in [0, 0.05) is 31.5 Å². The van der Waals surface area contributed by atoms with Crippen LogP contribution >= 0.6 is 0 Å². The monoisotopic (exact) mass is 556 g/mol. The smallest absolute Gasteiger partial charge is 0.383 e. The highest BCUT2D eigenvalue weighted by Gasteiger charge is 2.56. The summed E-state index contributed by atoms with van der Waals surface area (Å²) in [5.41, 5.74) is -0.147. The molecule has 212 valence electrons. The highest BCUT2D eigenvalue weighted by Crippen LogP contribution is 2.55. The van der Waals surface area contributed by atoms with E-state index >= 15 is 0 Å². The Labute approximate surface area is 229 Å². The third kappa shape index (κ3) is 4.49. The van der Waals surface area contributed by atoms with Crippen LogP contribution in [0.5, 0.6) is 0 Å². The normalized spacial score (nSPS) is 26.9. The van der Waals surface area contributed by atoms with Crippen molar-refractivity contribution in [1.29, 1.82) is 0 Å². The first-order valence-electron chi connectivity index (χ1n) is 13.8. The minimum atomic E-state index is -4.37. The van der Waals surface area contributed by atoms with Gasteiger partial charge in [0.05, 0.1) is 29.1 Å². The Kier molecular flexibility index (Phi) is 6.49. The van der Waals surface area contributed by atoms with E-state index < -0.39 is 34.7 Å². The van der Waals surface area contributed by atoms with Crippen LogP contribution < -0.4 is 5.32 Å². The van der Waals surface area contributed by atoms with Gasteiger partial charge in [-0.1, -0.05) is 25.0 Å². The minimum absolute atomic E-state index is 0.136. The molecule has 1 aliphatic carbocycles. The van der Waals surface area contributed by atoms with Gasteiger partial charge in [-0.05, 0) is 55.5 Å². The first-order chi connectivity index (χ1) is 19.0. The molecule has 3 amide bonds. The molecule has 2 N–H and O–H groups in total. The van der Waals surface area contributed by atoms with Gasteiger partial charge >= 0.3 is 6.18 Å². The summed E-state index contributed by atoms with van der Waals surface area (Å²) in [4.78, 5) is 45.6. The van der Waals surface area contributed by atoms with Crippen molar-refractivity contribution in [3.05, 3.63) is 64.5 Å². The predicted molar refractivity (Wildman–Crippen MR) is 136 cm³/mol. The van der Waals surface area contributed by atoms with Gasteiger partial charge in [-0.2, -0.15) is 13.2 Å². The van der Waals surface area contributed by atoms with Crippen molar-refractivity contribution in [2.24, 2.45) is 5.41 Å². The lowest BCUT2D eigenvalue weighted by Crippen LogP contribution is -2.57. The molecule has 11 heteroatoms. The Morgan fingerprint density at radius 3 is 2.42 bits per heavy atom. The maximum atomic E-state index is 13.1. The van der Waals surface area contributed by atoms with Crippen LogP contribution in [0.1, 0.15) is 77.8 Å². The number of alkyl halides is 3. The Morgan fingerprint density at radius 1 is 1.02 bits per heavy atom. The van der Waals surface area contributed by atoms with Crippen molar-refractivity contribution in [2.45, 2.75) is 75.9 Å². The second-order valence-electron chi connectivity index (χ2n) is 11.6. The number of carbonyl (C=O) groups excluding carboxylic acids is 3. The number of carbonyl (C=O) groups is 3. The van der Waals surface area contributed by atoms with Crippen LogP contribution in [0.3, 0.4) is 0 Å². The number of pyridine rings is 1. The van der Waals surface area contributed by atoms with Crippen molar-refractivity contribution in [3.63, 3.8) is 0 Å². The van der Waals surface area contributed by atoms with Gasteiger partial charge in [0.25, 0.3) is 5.91 Å². The van der Waals surface area contributed by atoms with E-state index in [2.05, 4.69) is 10.2 Å². The molecule has 1 saturated carbocycles. The summed E-state index contributed by atoms with van der Waals surface area (Å²) in [7, 11) is 0. The number of amides is 3. The quantitative estimate of drug-likeness (QED) is 0.559. The predicted octanol–water partition coefficient (Wildman–Crippen LogP) is 3.52. The number of hydrogen-bond acceptors (Lipinski definition) is 6. The minimum Gasteiger partial charge on any atom is -0.383 e. The van der Waals surface area contributed by atoms with Crippen LogP contribution in [0, 0.1) is 5.41 Å². The Balaban J connectivity index is 1.22. The standard InChI is InChI=1S/C29H31F3N4O4/c30-29(31,32)19-5-3-18(4-6-19)15-35-14-13-28(40,27(17-35)11-1-2-12-27)23-9-7-20-21(33-23)16-36(26(20)39)22-8-10-24(37)34-25(22)38/h3-7,9,22,40H,1-2,8,10-17H2,(H,34,37,38)/t22-,28-/m1/s1. The van der Waals surface area contributed by atoms with Crippen molar-refractivity contribution in [2.75, 3.05) is 13.1 Å². The van der Waals surface area contributed by atoms with Gasteiger partial charge in [0.15, 0.2) is 0 Å². The Morgan fingerprint density at radius 2 is 1.75 bits per heavy atom. The second-order valence-corrected chi connectivity index (χ2v) is 11.6. The van der Waals surface area contributed by atoms with Crippen LogP contribution in [0.15, 0.2) is 36.4 Å². The molecule has 0 radical (unpaired) electrons. The van der Waals surface area contributed by atoms with E-state index in [-0.39, 0.29) is 31.2 Å². The summed E-state index contributed by atoms with van der Waals surface area (Å²) in [5, 5.41) is 14.6. The van der Waals surface area contributed by atoms with Crippen LogP contribution in [0.4, 0.5) is 13.2 Å². The van der Waals surface area contributed by atoms with Crippen molar-refractivity contribution < 1.29 is 32.7 Å².